The van der Waals surface area contributed by atoms with Gasteiger partial charge in [-0.15, -0.1) is 0 Å². The van der Waals surface area contributed by atoms with E-state index in [-0.39, 0.29) is 12.5 Å². The third kappa shape index (κ3) is 5.65. The van der Waals surface area contributed by atoms with Gasteiger partial charge in [0.1, 0.15) is 12.4 Å². The van der Waals surface area contributed by atoms with Crippen LogP contribution in [0.5, 0.6) is 0 Å². The molecule has 1 aliphatic heterocycles. The molecule has 0 radical (unpaired) electrons. The number of morpholine rings is 1. The zero-order valence-electron chi connectivity index (χ0n) is 17.5. The van der Waals surface area contributed by atoms with E-state index in [0.29, 0.717) is 43.3 Å². The van der Waals surface area contributed by atoms with Gasteiger partial charge < -0.3 is 24.1 Å². The smallest absolute Gasteiger partial charge is 0.340 e. The quantitative estimate of drug-likeness (QED) is 0.447. The summed E-state index contributed by atoms with van der Waals surface area (Å²) in [6, 6.07) is 18.3. The molecule has 1 amide bonds. The lowest BCUT2D eigenvalue weighted by molar-refractivity contribution is -0.111. The van der Waals surface area contributed by atoms with Crippen LogP contribution in [0.2, 0.25) is 0 Å². The minimum Gasteiger partial charge on any atom is -0.465 e. The average Bonchev–Trinajstić information content (AvgIpc) is 3.36. The van der Waals surface area contributed by atoms with Crippen LogP contribution in [-0.4, -0.2) is 38.2 Å². The number of benzene rings is 2. The van der Waals surface area contributed by atoms with Gasteiger partial charge in [-0.2, -0.15) is 0 Å². The van der Waals surface area contributed by atoms with Crippen LogP contribution in [0.15, 0.2) is 77.4 Å². The number of carbonyl (C=O) groups excluding carboxylic acids is 2. The number of hydrogen-bond donors (Lipinski definition) is 1. The number of esters is 1. The highest BCUT2D eigenvalue weighted by Crippen LogP contribution is 2.26. The lowest BCUT2D eigenvalue weighted by atomic mass is 10.1. The summed E-state index contributed by atoms with van der Waals surface area (Å²) in [6.07, 6.45) is 4.49. The molecule has 2 heterocycles. The molecule has 7 heteroatoms. The molecule has 1 saturated heterocycles. The van der Waals surface area contributed by atoms with E-state index >= 15 is 0 Å². The molecule has 32 heavy (non-hydrogen) atoms. The minimum atomic E-state index is -0.447. The predicted octanol–water partition coefficient (Wildman–Crippen LogP) is 4.13. The van der Waals surface area contributed by atoms with Gasteiger partial charge in [0.25, 0.3) is 0 Å². The van der Waals surface area contributed by atoms with Crippen molar-refractivity contribution < 1.29 is 23.5 Å². The topological polar surface area (TPSA) is 81.0 Å². The average molecular weight is 432 g/mol. The van der Waals surface area contributed by atoms with Gasteiger partial charge in [-0.1, -0.05) is 30.3 Å². The highest BCUT2D eigenvalue weighted by Gasteiger charge is 2.21. The maximum absolute atomic E-state index is 13.0. The lowest BCUT2D eigenvalue weighted by Crippen LogP contribution is -2.37. The van der Waals surface area contributed by atoms with Crippen LogP contribution in [0.1, 0.15) is 21.7 Å². The summed E-state index contributed by atoms with van der Waals surface area (Å²) in [5.41, 5.74) is 2.56. The zero-order valence-corrected chi connectivity index (χ0v) is 17.5. The zero-order chi connectivity index (χ0) is 22.2. The standard InChI is InChI=1S/C25H24N2O5/c28-24(11-9-21-7-4-14-31-21)26-20-8-10-23(27-12-15-30-16-13-27)22(17-20)25(29)32-18-19-5-2-1-3-6-19/h1-11,14,17H,12-13,15-16,18H2,(H,26,28)/b11-9+. The molecule has 3 aromatic rings. The third-order valence-corrected chi connectivity index (χ3v) is 4.99. The Kier molecular flexibility index (Phi) is 6.99. The second-order valence-electron chi connectivity index (χ2n) is 7.23. The van der Waals surface area contributed by atoms with Crippen molar-refractivity contribution in [1.82, 2.24) is 0 Å². The predicted molar refractivity (Wildman–Crippen MR) is 121 cm³/mol. The number of nitrogens with one attached hydrogen (secondary N) is 1. The molecule has 1 aromatic heterocycles. The van der Waals surface area contributed by atoms with E-state index in [1.54, 1.807) is 30.3 Å². The van der Waals surface area contributed by atoms with E-state index in [0.717, 1.165) is 11.3 Å². The van der Waals surface area contributed by atoms with E-state index in [1.165, 1.54) is 12.3 Å². The highest BCUT2D eigenvalue weighted by molar-refractivity contribution is 6.03. The van der Waals surface area contributed by atoms with Crippen LogP contribution in [0.3, 0.4) is 0 Å². The number of amides is 1. The van der Waals surface area contributed by atoms with Crippen molar-refractivity contribution in [3.05, 3.63) is 89.9 Å². The van der Waals surface area contributed by atoms with E-state index in [2.05, 4.69) is 10.2 Å². The Morgan fingerprint density at radius 3 is 2.59 bits per heavy atom. The molecule has 1 aliphatic rings. The number of anilines is 2. The van der Waals surface area contributed by atoms with Crippen molar-refractivity contribution in [1.29, 1.82) is 0 Å². The van der Waals surface area contributed by atoms with Crippen LogP contribution in [-0.2, 0) is 20.9 Å². The first-order valence-electron chi connectivity index (χ1n) is 10.4. The molecule has 2 aromatic carbocycles. The Hall–Kier alpha value is -3.84. The monoisotopic (exact) mass is 432 g/mol. The van der Waals surface area contributed by atoms with Gasteiger partial charge in [-0.3, -0.25) is 4.79 Å². The highest BCUT2D eigenvalue weighted by atomic mass is 16.5. The molecule has 0 atom stereocenters. The van der Waals surface area contributed by atoms with Crippen molar-refractivity contribution in [3.8, 4) is 0 Å². The summed E-state index contributed by atoms with van der Waals surface area (Å²) in [5.74, 6) is -0.199. The van der Waals surface area contributed by atoms with Crippen LogP contribution in [0.25, 0.3) is 6.08 Å². The summed E-state index contributed by atoms with van der Waals surface area (Å²) in [7, 11) is 0. The molecule has 1 fully saturated rings. The fraction of sp³-hybridized carbons (Fsp3) is 0.200. The van der Waals surface area contributed by atoms with Crippen LogP contribution in [0, 0.1) is 0 Å². The maximum atomic E-state index is 13.0. The minimum absolute atomic E-state index is 0.171. The SMILES string of the molecule is O=C(/C=C/c1ccco1)Nc1ccc(N2CCOCC2)c(C(=O)OCc2ccccc2)c1. The fourth-order valence-corrected chi connectivity index (χ4v) is 3.39. The number of ether oxygens (including phenoxy) is 2. The Morgan fingerprint density at radius 1 is 1.03 bits per heavy atom. The van der Waals surface area contributed by atoms with Crippen molar-refractivity contribution >= 4 is 29.3 Å². The number of nitrogens with zero attached hydrogens (tertiary/aromatic N) is 1. The number of furan rings is 1. The van der Waals surface area contributed by atoms with E-state index < -0.39 is 5.97 Å². The molecule has 0 saturated carbocycles. The first kappa shape index (κ1) is 21.4. The molecule has 0 spiro atoms. The van der Waals surface area contributed by atoms with Gasteiger partial charge in [0.2, 0.25) is 5.91 Å². The molecular weight excluding hydrogens is 408 g/mol. The van der Waals surface area contributed by atoms with E-state index in [9.17, 15) is 9.59 Å². The normalized spacial score (nSPS) is 13.8. The van der Waals surface area contributed by atoms with Crippen molar-refractivity contribution in [2.75, 3.05) is 36.5 Å². The summed E-state index contributed by atoms with van der Waals surface area (Å²) >= 11 is 0. The number of carbonyl (C=O) groups is 2. The molecule has 0 bridgehead atoms. The van der Waals surface area contributed by atoms with Gasteiger partial charge >= 0.3 is 5.97 Å². The fourth-order valence-electron chi connectivity index (χ4n) is 3.39. The van der Waals surface area contributed by atoms with E-state index in [1.807, 2.05) is 36.4 Å². The number of hydrogen-bond acceptors (Lipinski definition) is 6. The second kappa shape index (κ2) is 10.5. The Morgan fingerprint density at radius 2 is 1.84 bits per heavy atom. The van der Waals surface area contributed by atoms with E-state index in [4.69, 9.17) is 13.9 Å². The Bertz CT molecular complexity index is 1070. The van der Waals surface area contributed by atoms with Crippen molar-refractivity contribution in [3.63, 3.8) is 0 Å². The molecule has 4 rings (SSSR count). The molecule has 1 N–H and O–H groups in total. The van der Waals surface area contributed by atoms with Crippen molar-refractivity contribution in [2.24, 2.45) is 0 Å². The first-order valence-corrected chi connectivity index (χ1v) is 10.4. The van der Waals surface area contributed by atoms with Gasteiger partial charge in [-0.05, 0) is 42.0 Å². The second-order valence-corrected chi connectivity index (χ2v) is 7.23. The first-order chi connectivity index (χ1) is 15.7. The van der Waals surface area contributed by atoms with Gasteiger partial charge in [0.15, 0.2) is 0 Å². The summed E-state index contributed by atoms with van der Waals surface area (Å²) in [6.45, 7) is 2.71. The maximum Gasteiger partial charge on any atom is 0.340 e. The summed E-state index contributed by atoms with van der Waals surface area (Å²) in [4.78, 5) is 27.4. The molecule has 164 valence electrons. The van der Waals surface area contributed by atoms with Crippen molar-refractivity contribution in [2.45, 2.75) is 6.61 Å². The molecule has 7 nitrogen and oxygen atoms in total. The summed E-state index contributed by atoms with van der Waals surface area (Å²) in [5, 5.41) is 2.79. The van der Waals surface area contributed by atoms with Gasteiger partial charge in [0.05, 0.1) is 30.7 Å². The number of rotatable bonds is 7. The third-order valence-electron chi connectivity index (χ3n) is 4.99. The Balaban J connectivity index is 1.52. The van der Waals surface area contributed by atoms with Gasteiger partial charge in [-0.25, -0.2) is 4.79 Å². The molecule has 0 aliphatic carbocycles. The molecule has 0 unspecified atom stereocenters. The van der Waals surface area contributed by atoms with Crippen LogP contribution >= 0.6 is 0 Å². The lowest BCUT2D eigenvalue weighted by Gasteiger charge is -2.30. The van der Waals surface area contributed by atoms with Crippen LogP contribution < -0.4 is 10.2 Å². The van der Waals surface area contributed by atoms with Gasteiger partial charge in [0, 0.05) is 24.9 Å². The largest absolute Gasteiger partial charge is 0.465 e. The summed E-state index contributed by atoms with van der Waals surface area (Å²) < 4.78 is 16.2. The Labute approximate surface area is 186 Å². The van der Waals surface area contributed by atoms with Crippen LogP contribution in [0.4, 0.5) is 11.4 Å². The molecular formula is C25H24N2O5.